The first-order chi connectivity index (χ1) is 13.4. The highest BCUT2D eigenvalue weighted by atomic mass is 16.2. The van der Waals surface area contributed by atoms with Crippen LogP contribution in [0.2, 0.25) is 0 Å². The molecule has 154 valence electrons. The summed E-state index contributed by atoms with van der Waals surface area (Å²) in [6.45, 7) is 11.6. The highest BCUT2D eigenvalue weighted by Crippen LogP contribution is 2.41. The number of para-hydroxylation sites is 2. The van der Waals surface area contributed by atoms with E-state index in [0.717, 1.165) is 43.9 Å². The summed E-state index contributed by atoms with van der Waals surface area (Å²) in [5.74, 6) is 0.573. The highest BCUT2D eigenvalue weighted by molar-refractivity contribution is 6.11. The largest absolute Gasteiger partial charge is 0.369 e. The van der Waals surface area contributed by atoms with Gasteiger partial charge in [-0.1, -0.05) is 32.4 Å². The number of nitrogens with one attached hydrogen (secondary N) is 2. The molecule has 1 fully saturated rings. The SMILES string of the molecule is CCNC(=O)[C@@H](C)N1C(=O)C2(CCN(C[C@H](C)CC)CC2)Nc2ccccc21. The molecule has 2 atom stereocenters. The van der Waals surface area contributed by atoms with Gasteiger partial charge in [0.1, 0.15) is 11.6 Å². The van der Waals surface area contributed by atoms with Crippen LogP contribution in [0, 0.1) is 5.92 Å². The van der Waals surface area contributed by atoms with E-state index in [0.29, 0.717) is 12.5 Å². The van der Waals surface area contributed by atoms with Crippen LogP contribution in [0.4, 0.5) is 11.4 Å². The fourth-order valence-corrected chi connectivity index (χ4v) is 4.29. The molecule has 0 radical (unpaired) electrons. The summed E-state index contributed by atoms with van der Waals surface area (Å²) >= 11 is 0. The molecule has 0 aliphatic carbocycles. The number of fused-ring (bicyclic) bond motifs is 1. The number of nitrogens with zero attached hydrogens (tertiary/aromatic N) is 2. The quantitative estimate of drug-likeness (QED) is 0.789. The van der Waals surface area contributed by atoms with Crippen molar-refractivity contribution in [1.29, 1.82) is 0 Å². The zero-order valence-electron chi connectivity index (χ0n) is 17.6. The van der Waals surface area contributed by atoms with Crippen molar-refractivity contribution in [3.8, 4) is 0 Å². The number of carbonyl (C=O) groups excluding carboxylic acids is 2. The number of rotatable bonds is 6. The van der Waals surface area contributed by atoms with Gasteiger partial charge in [-0.2, -0.15) is 0 Å². The third kappa shape index (κ3) is 3.88. The maximum atomic E-state index is 13.7. The zero-order valence-corrected chi connectivity index (χ0v) is 17.6. The molecule has 1 spiro atoms. The van der Waals surface area contributed by atoms with Crippen LogP contribution < -0.4 is 15.5 Å². The van der Waals surface area contributed by atoms with Gasteiger partial charge in [0.05, 0.1) is 11.4 Å². The second-order valence-electron chi connectivity index (χ2n) is 8.28. The maximum Gasteiger partial charge on any atom is 0.253 e. The number of likely N-dealkylation sites (N-methyl/N-ethyl adjacent to an activating group) is 1. The first kappa shape index (κ1) is 20.6. The van der Waals surface area contributed by atoms with Crippen molar-refractivity contribution in [2.24, 2.45) is 5.92 Å². The molecule has 2 heterocycles. The number of hydrogen-bond acceptors (Lipinski definition) is 4. The van der Waals surface area contributed by atoms with Gasteiger partial charge < -0.3 is 15.5 Å². The Bertz CT molecular complexity index is 712. The van der Waals surface area contributed by atoms with Crippen molar-refractivity contribution in [1.82, 2.24) is 10.2 Å². The Morgan fingerprint density at radius 1 is 1.21 bits per heavy atom. The molecule has 0 bridgehead atoms. The number of anilines is 2. The summed E-state index contributed by atoms with van der Waals surface area (Å²) in [4.78, 5) is 30.4. The maximum absolute atomic E-state index is 13.7. The van der Waals surface area contributed by atoms with E-state index in [9.17, 15) is 9.59 Å². The Hall–Kier alpha value is -2.08. The van der Waals surface area contributed by atoms with Gasteiger partial charge in [-0.3, -0.25) is 14.5 Å². The van der Waals surface area contributed by atoms with Crippen LogP contribution in [0.1, 0.15) is 47.0 Å². The van der Waals surface area contributed by atoms with E-state index in [1.807, 2.05) is 38.1 Å². The molecular weight excluding hydrogens is 352 g/mol. The standard InChI is InChI=1S/C22H34N4O2/c1-5-16(3)15-25-13-11-22(12-14-25)21(28)26(17(4)20(27)23-6-2)19-10-8-7-9-18(19)24-22/h7-10,16-17,24H,5-6,11-15H2,1-4H3,(H,23,27)/t16-,17-/m1/s1. The molecule has 28 heavy (non-hydrogen) atoms. The predicted octanol–water partition coefficient (Wildman–Crippen LogP) is 2.85. The van der Waals surface area contributed by atoms with Gasteiger partial charge in [0, 0.05) is 26.2 Å². The molecule has 0 aromatic heterocycles. The molecular formula is C22H34N4O2. The number of benzene rings is 1. The van der Waals surface area contributed by atoms with Crippen molar-refractivity contribution in [2.75, 3.05) is 36.4 Å². The molecule has 2 amide bonds. The Morgan fingerprint density at radius 2 is 1.89 bits per heavy atom. The molecule has 3 rings (SSSR count). The van der Waals surface area contributed by atoms with Gasteiger partial charge in [-0.25, -0.2) is 0 Å². The Kier molecular flexibility index (Phi) is 6.28. The molecule has 2 N–H and O–H groups in total. The summed E-state index contributed by atoms with van der Waals surface area (Å²) in [6, 6.07) is 7.28. The fraction of sp³-hybridized carbons (Fsp3) is 0.636. The zero-order chi connectivity index (χ0) is 20.3. The van der Waals surface area contributed by atoms with Gasteiger partial charge in [-0.15, -0.1) is 0 Å². The minimum absolute atomic E-state index is 0.0214. The van der Waals surface area contributed by atoms with Crippen LogP contribution in [-0.2, 0) is 9.59 Å². The first-order valence-electron chi connectivity index (χ1n) is 10.6. The first-order valence-corrected chi connectivity index (χ1v) is 10.6. The summed E-state index contributed by atoms with van der Waals surface area (Å²) in [7, 11) is 0. The Balaban J connectivity index is 1.85. The molecule has 6 heteroatoms. The molecule has 6 nitrogen and oxygen atoms in total. The molecule has 0 unspecified atom stereocenters. The highest BCUT2D eigenvalue weighted by Gasteiger charge is 2.49. The summed E-state index contributed by atoms with van der Waals surface area (Å²) < 4.78 is 0. The lowest BCUT2D eigenvalue weighted by Gasteiger charge is -2.49. The smallest absolute Gasteiger partial charge is 0.253 e. The lowest BCUT2D eigenvalue weighted by Crippen LogP contribution is -2.65. The summed E-state index contributed by atoms with van der Waals surface area (Å²) in [5, 5.41) is 6.42. The lowest BCUT2D eigenvalue weighted by molar-refractivity contribution is -0.129. The van der Waals surface area contributed by atoms with E-state index >= 15 is 0 Å². The fourth-order valence-electron chi connectivity index (χ4n) is 4.29. The van der Waals surface area contributed by atoms with Gasteiger partial charge in [0.25, 0.3) is 5.91 Å². The van der Waals surface area contributed by atoms with E-state index in [1.165, 1.54) is 6.42 Å². The van der Waals surface area contributed by atoms with E-state index in [2.05, 4.69) is 29.4 Å². The minimum atomic E-state index is -0.624. The van der Waals surface area contributed by atoms with Gasteiger partial charge in [0.2, 0.25) is 5.91 Å². The molecule has 2 aliphatic rings. The van der Waals surface area contributed by atoms with Crippen LogP contribution in [0.3, 0.4) is 0 Å². The van der Waals surface area contributed by atoms with Gasteiger partial charge in [0.15, 0.2) is 0 Å². The molecule has 0 saturated carbocycles. The minimum Gasteiger partial charge on any atom is -0.369 e. The van der Waals surface area contributed by atoms with Crippen LogP contribution in [0.25, 0.3) is 0 Å². The molecule has 1 saturated heterocycles. The van der Waals surface area contributed by atoms with Crippen molar-refractivity contribution in [3.63, 3.8) is 0 Å². The van der Waals surface area contributed by atoms with Gasteiger partial charge >= 0.3 is 0 Å². The number of carbonyl (C=O) groups is 2. The van der Waals surface area contributed by atoms with Crippen LogP contribution >= 0.6 is 0 Å². The third-order valence-electron chi connectivity index (χ3n) is 6.26. The predicted molar refractivity (Wildman–Crippen MR) is 114 cm³/mol. The molecule has 1 aromatic rings. The normalized spacial score (nSPS) is 21.0. The van der Waals surface area contributed by atoms with Crippen LogP contribution in [0.15, 0.2) is 24.3 Å². The summed E-state index contributed by atoms with van der Waals surface area (Å²) in [5.41, 5.74) is 1.11. The van der Waals surface area contributed by atoms with Crippen molar-refractivity contribution in [3.05, 3.63) is 24.3 Å². The van der Waals surface area contributed by atoms with Crippen LogP contribution in [0.5, 0.6) is 0 Å². The average Bonchev–Trinajstić information content (AvgIpc) is 2.70. The summed E-state index contributed by atoms with van der Waals surface area (Å²) in [6.07, 6.45) is 2.69. The molecule has 1 aromatic carbocycles. The van der Waals surface area contributed by atoms with E-state index < -0.39 is 11.6 Å². The second kappa shape index (κ2) is 8.52. The Labute approximate surface area is 168 Å². The third-order valence-corrected chi connectivity index (χ3v) is 6.26. The average molecular weight is 387 g/mol. The molecule has 2 aliphatic heterocycles. The van der Waals surface area contributed by atoms with E-state index in [4.69, 9.17) is 0 Å². The van der Waals surface area contributed by atoms with E-state index in [-0.39, 0.29) is 11.8 Å². The van der Waals surface area contributed by atoms with Gasteiger partial charge in [-0.05, 0) is 44.7 Å². The second-order valence-corrected chi connectivity index (χ2v) is 8.28. The van der Waals surface area contributed by atoms with E-state index in [1.54, 1.807) is 4.90 Å². The Morgan fingerprint density at radius 3 is 2.54 bits per heavy atom. The van der Waals surface area contributed by atoms with Crippen molar-refractivity contribution >= 4 is 23.2 Å². The lowest BCUT2D eigenvalue weighted by atomic mass is 9.82. The number of amides is 2. The van der Waals surface area contributed by atoms with Crippen LogP contribution in [-0.4, -0.2) is 54.5 Å². The number of piperidine rings is 1. The number of likely N-dealkylation sites (tertiary alicyclic amines) is 1. The topological polar surface area (TPSA) is 64.7 Å². The van der Waals surface area contributed by atoms with Crippen molar-refractivity contribution < 1.29 is 9.59 Å². The number of hydrogen-bond donors (Lipinski definition) is 2. The van der Waals surface area contributed by atoms with Crippen molar-refractivity contribution in [2.45, 2.75) is 58.5 Å². The monoisotopic (exact) mass is 386 g/mol.